The van der Waals surface area contributed by atoms with Crippen LogP contribution < -0.4 is 9.47 Å². The molecule has 0 unspecified atom stereocenters. The molecule has 118 valence electrons. The van der Waals surface area contributed by atoms with Gasteiger partial charge in [-0.05, 0) is 64.3 Å². The normalized spacial score (nSPS) is 11.0. The van der Waals surface area contributed by atoms with E-state index < -0.39 is 0 Å². The minimum absolute atomic E-state index is 0.364. The van der Waals surface area contributed by atoms with Gasteiger partial charge in [0.05, 0.1) is 29.8 Å². The lowest BCUT2D eigenvalue weighted by atomic mass is 10.0. The molecule has 2 rings (SSSR count). The Morgan fingerprint density at radius 2 is 2.13 bits per heavy atom. The summed E-state index contributed by atoms with van der Waals surface area (Å²) < 4.78 is 24.9. The molecular weight excluding hydrogens is 361 g/mol. The Balaban J connectivity index is 2.49. The van der Waals surface area contributed by atoms with E-state index in [1.807, 2.05) is 13.0 Å². The van der Waals surface area contributed by atoms with Gasteiger partial charge in [-0.1, -0.05) is 12.1 Å². The molecule has 0 bridgehead atoms. The Labute approximate surface area is 143 Å². The van der Waals surface area contributed by atoms with Crippen molar-refractivity contribution in [3.63, 3.8) is 0 Å². The topological polar surface area (TPSA) is 42.2 Å². The third kappa shape index (κ3) is 4.11. The Bertz CT molecular complexity index is 781. The van der Waals surface area contributed by atoms with E-state index in [1.54, 1.807) is 31.4 Å². The lowest BCUT2D eigenvalue weighted by Crippen LogP contribution is -1.97. The predicted octanol–water partition coefficient (Wildman–Crippen LogP) is 5.06. The smallest absolute Gasteiger partial charge is 0.175 e. The van der Waals surface area contributed by atoms with E-state index in [0.29, 0.717) is 29.2 Å². The lowest BCUT2D eigenvalue weighted by Gasteiger charge is -2.12. The average molecular weight is 376 g/mol. The van der Waals surface area contributed by atoms with Gasteiger partial charge in [0.15, 0.2) is 11.5 Å². The third-order valence-electron chi connectivity index (χ3n) is 3.11. The maximum Gasteiger partial charge on any atom is 0.175 e. The van der Waals surface area contributed by atoms with Crippen molar-refractivity contribution in [2.75, 3.05) is 13.7 Å². The van der Waals surface area contributed by atoms with Gasteiger partial charge >= 0.3 is 0 Å². The molecule has 2 aromatic rings. The number of hydrogen-bond donors (Lipinski definition) is 0. The Kier molecular flexibility index (Phi) is 5.78. The Hall–Kier alpha value is -2.32. The maximum absolute atomic E-state index is 13.3. The summed E-state index contributed by atoms with van der Waals surface area (Å²) in [5.41, 5.74) is 1.64. The second-order valence-corrected chi connectivity index (χ2v) is 5.50. The number of benzene rings is 2. The minimum Gasteiger partial charge on any atom is -0.493 e. The Morgan fingerprint density at radius 1 is 1.35 bits per heavy atom. The van der Waals surface area contributed by atoms with E-state index in [9.17, 15) is 9.65 Å². The van der Waals surface area contributed by atoms with Crippen molar-refractivity contribution in [1.82, 2.24) is 0 Å². The van der Waals surface area contributed by atoms with E-state index in [0.717, 1.165) is 10.0 Å². The summed E-state index contributed by atoms with van der Waals surface area (Å²) in [6.07, 6.45) is 1.68. The number of nitriles is 1. The first-order chi connectivity index (χ1) is 11.1. The molecule has 0 N–H and O–H groups in total. The van der Waals surface area contributed by atoms with Crippen molar-refractivity contribution in [2.45, 2.75) is 6.92 Å². The lowest BCUT2D eigenvalue weighted by molar-refractivity contribution is 0.309. The van der Waals surface area contributed by atoms with Gasteiger partial charge in [0.25, 0.3) is 0 Å². The van der Waals surface area contributed by atoms with Crippen molar-refractivity contribution < 1.29 is 13.9 Å². The monoisotopic (exact) mass is 375 g/mol. The van der Waals surface area contributed by atoms with Crippen LogP contribution in [0.15, 0.2) is 40.9 Å². The summed E-state index contributed by atoms with van der Waals surface area (Å²) in [7, 11) is 1.55. The van der Waals surface area contributed by atoms with Gasteiger partial charge in [0, 0.05) is 0 Å². The van der Waals surface area contributed by atoms with E-state index in [-0.39, 0.29) is 5.82 Å². The summed E-state index contributed by atoms with van der Waals surface area (Å²) in [4.78, 5) is 0. The van der Waals surface area contributed by atoms with Crippen molar-refractivity contribution in [1.29, 1.82) is 5.26 Å². The molecule has 0 spiro atoms. The zero-order chi connectivity index (χ0) is 16.8. The molecule has 0 saturated carbocycles. The van der Waals surface area contributed by atoms with Crippen molar-refractivity contribution in [3.05, 3.63) is 57.8 Å². The average Bonchev–Trinajstić information content (AvgIpc) is 2.54. The van der Waals surface area contributed by atoms with Crippen LogP contribution in [0.1, 0.15) is 18.1 Å². The first-order valence-corrected chi connectivity index (χ1v) is 7.76. The molecule has 0 aliphatic carbocycles. The molecule has 0 aromatic heterocycles. The molecule has 23 heavy (non-hydrogen) atoms. The second-order valence-electron chi connectivity index (χ2n) is 4.65. The number of rotatable bonds is 5. The fraction of sp³-hybridized carbons (Fsp3) is 0.167. The zero-order valence-electron chi connectivity index (χ0n) is 12.8. The molecule has 0 radical (unpaired) electrons. The van der Waals surface area contributed by atoms with Crippen LogP contribution in [0.2, 0.25) is 0 Å². The number of hydrogen-bond acceptors (Lipinski definition) is 3. The molecule has 0 amide bonds. The summed E-state index contributed by atoms with van der Waals surface area (Å²) in [5, 5.41) is 9.36. The highest BCUT2D eigenvalue weighted by Crippen LogP contribution is 2.37. The molecule has 0 aliphatic rings. The van der Waals surface area contributed by atoms with Crippen LogP contribution in [0.4, 0.5) is 4.39 Å². The molecule has 0 saturated heterocycles. The van der Waals surface area contributed by atoms with Gasteiger partial charge in [-0.3, -0.25) is 0 Å². The second kappa shape index (κ2) is 7.80. The van der Waals surface area contributed by atoms with Crippen LogP contribution in [-0.4, -0.2) is 13.7 Å². The van der Waals surface area contributed by atoms with E-state index in [2.05, 4.69) is 22.0 Å². The summed E-state index contributed by atoms with van der Waals surface area (Å²) in [6.45, 7) is 2.40. The zero-order valence-corrected chi connectivity index (χ0v) is 14.4. The van der Waals surface area contributed by atoms with Gasteiger partial charge in [-0.25, -0.2) is 4.39 Å². The van der Waals surface area contributed by atoms with Crippen LogP contribution in [0, 0.1) is 17.1 Å². The largest absolute Gasteiger partial charge is 0.493 e. The first-order valence-electron chi connectivity index (χ1n) is 6.97. The SMILES string of the molecule is CCOc1c(Br)cc(/C=C(/C#N)c2cccc(F)c2)cc1OC. The molecule has 0 atom stereocenters. The quantitative estimate of drug-likeness (QED) is 0.541. The van der Waals surface area contributed by atoms with Crippen LogP contribution in [0.3, 0.4) is 0 Å². The summed E-state index contributed by atoms with van der Waals surface area (Å²) in [5.74, 6) is 0.787. The first kappa shape index (κ1) is 17.0. The molecule has 0 fully saturated rings. The molecule has 0 heterocycles. The van der Waals surface area contributed by atoms with Crippen LogP contribution in [-0.2, 0) is 0 Å². The van der Waals surface area contributed by atoms with E-state index in [4.69, 9.17) is 9.47 Å². The van der Waals surface area contributed by atoms with Crippen molar-refractivity contribution in [3.8, 4) is 17.6 Å². The third-order valence-corrected chi connectivity index (χ3v) is 3.70. The van der Waals surface area contributed by atoms with Crippen LogP contribution in [0.5, 0.6) is 11.5 Å². The summed E-state index contributed by atoms with van der Waals surface area (Å²) >= 11 is 3.44. The van der Waals surface area contributed by atoms with E-state index >= 15 is 0 Å². The number of methoxy groups -OCH3 is 1. The highest BCUT2D eigenvalue weighted by Gasteiger charge is 2.11. The van der Waals surface area contributed by atoms with Gasteiger partial charge in [-0.15, -0.1) is 0 Å². The van der Waals surface area contributed by atoms with Crippen LogP contribution in [0.25, 0.3) is 11.6 Å². The molecule has 0 aliphatic heterocycles. The van der Waals surface area contributed by atoms with Crippen LogP contribution >= 0.6 is 15.9 Å². The molecule has 5 heteroatoms. The van der Waals surface area contributed by atoms with E-state index in [1.165, 1.54) is 12.1 Å². The minimum atomic E-state index is -0.380. The molecule has 2 aromatic carbocycles. The van der Waals surface area contributed by atoms with Crippen molar-refractivity contribution >= 4 is 27.6 Å². The maximum atomic E-state index is 13.3. The van der Waals surface area contributed by atoms with Crippen molar-refractivity contribution in [2.24, 2.45) is 0 Å². The fourth-order valence-electron chi connectivity index (χ4n) is 2.11. The number of ether oxygens (including phenoxy) is 2. The highest BCUT2D eigenvalue weighted by atomic mass is 79.9. The highest BCUT2D eigenvalue weighted by molar-refractivity contribution is 9.10. The van der Waals surface area contributed by atoms with Gasteiger partial charge in [0.1, 0.15) is 5.82 Å². The number of allylic oxidation sites excluding steroid dienone is 1. The number of nitrogens with zero attached hydrogens (tertiary/aromatic N) is 1. The fourth-order valence-corrected chi connectivity index (χ4v) is 2.68. The van der Waals surface area contributed by atoms with Gasteiger partial charge < -0.3 is 9.47 Å². The molecular formula is C18H15BrFNO2. The standard InChI is InChI=1S/C18H15BrFNO2/c1-3-23-18-16(19)8-12(9-17(18)22-2)7-14(11-21)13-5-4-6-15(20)10-13/h4-10H,3H2,1-2H3/b14-7-. The summed E-state index contributed by atoms with van der Waals surface area (Å²) in [6, 6.07) is 11.6. The number of halogens is 2. The van der Waals surface area contributed by atoms with Gasteiger partial charge in [0.2, 0.25) is 0 Å². The van der Waals surface area contributed by atoms with Gasteiger partial charge in [-0.2, -0.15) is 5.26 Å². The molecule has 3 nitrogen and oxygen atoms in total. The predicted molar refractivity (Wildman–Crippen MR) is 91.7 cm³/mol. The Morgan fingerprint density at radius 3 is 2.74 bits per heavy atom.